The number of halogens is 5. The van der Waals surface area contributed by atoms with Gasteiger partial charge in [0.25, 0.3) is 0 Å². The Balaban J connectivity index is 3.03. The van der Waals surface area contributed by atoms with Crippen molar-refractivity contribution in [3.63, 3.8) is 0 Å². The van der Waals surface area contributed by atoms with E-state index in [0.29, 0.717) is 6.42 Å². The van der Waals surface area contributed by atoms with Crippen LogP contribution in [-0.4, -0.2) is 18.3 Å². The van der Waals surface area contributed by atoms with Gasteiger partial charge in [0, 0.05) is 13.2 Å². The van der Waals surface area contributed by atoms with Gasteiger partial charge in [-0.05, 0) is 11.8 Å². The van der Waals surface area contributed by atoms with E-state index in [2.05, 4.69) is 5.32 Å². The molecule has 0 aromatic heterocycles. The highest BCUT2D eigenvalue weighted by Crippen LogP contribution is 2.29. The second kappa shape index (κ2) is 5.73. The Kier molecular flexibility index (Phi) is 4.73. The largest absolute Gasteiger partial charge is 0.396 e. The van der Waals surface area contributed by atoms with Crippen molar-refractivity contribution in [1.29, 1.82) is 0 Å². The Morgan fingerprint density at radius 1 is 0.895 bits per heavy atom. The maximum absolute atomic E-state index is 13.3. The number of aliphatic hydroxyl groups is 1. The lowest BCUT2D eigenvalue weighted by Crippen LogP contribution is -2.25. The van der Waals surface area contributed by atoms with Gasteiger partial charge in [0.2, 0.25) is 5.82 Å². The molecule has 0 spiro atoms. The summed E-state index contributed by atoms with van der Waals surface area (Å²) in [6.45, 7) is 3.17. The number of hydrogen-bond acceptors (Lipinski definition) is 2. The standard InChI is InChI=1S/C12H14F5NO/c1-12(2,3-4-19)5-18-11-9(16)7(14)6(13)8(15)10(11)17/h18-19H,3-5H2,1-2H3. The number of hydrogen-bond donors (Lipinski definition) is 2. The van der Waals surface area contributed by atoms with Gasteiger partial charge in [-0.2, -0.15) is 0 Å². The van der Waals surface area contributed by atoms with Gasteiger partial charge in [0.05, 0.1) is 0 Å². The van der Waals surface area contributed by atoms with Crippen molar-refractivity contribution in [2.24, 2.45) is 5.41 Å². The molecule has 0 aliphatic heterocycles. The molecule has 2 nitrogen and oxygen atoms in total. The predicted octanol–water partition coefficient (Wildman–Crippen LogP) is 3.20. The topological polar surface area (TPSA) is 32.3 Å². The molecule has 1 rings (SSSR count). The van der Waals surface area contributed by atoms with Crippen molar-refractivity contribution in [3.8, 4) is 0 Å². The van der Waals surface area contributed by atoms with Crippen LogP contribution in [0.4, 0.5) is 27.6 Å². The zero-order chi connectivity index (χ0) is 14.8. The molecule has 19 heavy (non-hydrogen) atoms. The molecule has 0 aliphatic carbocycles. The number of aliphatic hydroxyl groups excluding tert-OH is 1. The SMILES string of the molecule is CC(C)(CCO)CNc1c(F)c(F)c(F)c(F)c1F. The van der Waals surface area contributed by atoms with Crippen LogP contribution in [0.2, 0.25) is 0 Å². The van der Waals surface area contributed by atoms with Crippen molar-refractivity contribution in [2.75, 3.05) is 18.5 Å². The van der Waals surface area contributed by atoms with Gasteiger partial charge in [-0.25, -0.2) is 22.0 Å². The summed E-state index contributed by atoms with van der Waals surface area (Å²) in [4.78, 5) is 0. The number of rotatable bonds is 5. The molecule has 1 aromatic rings. The van der Waals surface area contributed by atoms with Crippen molar-refractivity contribution < 1.29 is 27.1 Å². The summed E-state index contributed by atoms with van der Waals surface area (Å²) in [7, 11) is 0. The molecule has 0 bridgehead atoms. The van der Waals surface area contributed by atoms with Crippen LogP contribution >= 0.6 is 0 Å². The fourth-order valence-corrected chi connectivity index (χ4v) is 1.48. The summed E-state index contributed by atoms with van der Waals surface area (Å²) >= 11 is 0. The molecule has 108 valence electrons. The molecule has 2 N–H and O–H groups in total. The molecule has 0 amide bonds. The molecule has 0 saturated carbocycles. The number of nitrogens with one attached hydrogen (secondary N) is 1. The molecule has 0 atom stereocenters. The van der Waals surface area contributed by atoms with Gasteiger partial charge < -0.3 is 10.4 Å². The maximum Gasteiger partial charge on any atom is 0.200 e. The van der Waals surface area contributed by atoms with Crippen LogP contribution in [0.5, 0.6) is 0 Å². The highest BCUT2D eigenvalue weighted by molar-refractivity contribution is 5.47. The van der Waals surface area contributed by atoms with Crippen LogP contribution in [0.15, 0.2) is 0 Å². The quantitative estimate of drug-likeness (QED) is 0.494. The van der Waals surface area contributed by atoms with Crippen molar-refractivity contribution in [1.82, 2.24) is 0 Å². The van der Waals surface area contributed by atoms with E-state index in [1.165, 1.54) is 0 Å². The van der Waals surface area contributed by atoms with Gasteiger partial charge in [-0.3, -0.25) is 0 Å². The number of anilines is 1. The van der Waals surface area contributed by atoms with Crippen LogP contribution in [0.1, 0.15) is 20.3 Å². The molecule has 1 aromatic carbocycles. The average Bonchev–Trinajstić information content (AvgIpc) is 2.34. The Labute approximate surface area is 107 Å². The van der Waals surface area contributed by atoms with Crippen LogP contribution in [0.25, 0.3) is 0 Å². The summed E-state index contributed by atoms with van der Waals surface area (Å²) in [5, 5.41) is 11.0. The molecule has 0 heterocycles. The first-order valence-corrected chi connectivity index (χ1v) is 5.57. The van der Waals surface area contributed by atoms with Gasteiger partial charge in [0.15, 0.2) is 23.3 Å². The van der Waals surface area contributed by atoms with Gasteiger partial charge in [-0.15, -0.1) is 0 Å². The van der Waals surface area contributed by atoms with Crippen LogP contribution < -0.4 is 5.32 Å². The fraction of sp³-hybridized carbons (Fsp3) is 0.500. The smallest absolute Gasteiger partial charge is 0.200 e. The first-order valence-electron chi connectivity index (χ1n) is 5.57. The van der Waals surface area contributed by atoms with E-state index in [1.807, 2.05) is 0 Å². The fourth-order valence-electron chi connectivity index (χ4n) is 1.48. The van der Waals surface area contributed by atoms with Crippen molar-refractivity contribution in [3.05, 3.63) is 29.1 Å². The average molecular weight is 283 g/mol. The minimum absolute atomic E-state index is 0.0497. The Morgan fingerprint density at radius 2 is 1.32 bits per heavy atom. The molecule has 0 aliphatic rings. The molecule has 0 radical (unpaired) electrons. The highest BCUT2D eigenvalue weighted by atomic mass is 19.2. The molecule has 0 unspecified atom stereocenters. The molecule has 0 saturated heterocycles. The Bertz CT molecular complexity index is 447. The minimum atomic E-state index is -2.19. The van der Waals surface area contributed by atoms with Crippen molar-refractivity contribution in [2.45, 2.75) is 20.3 Å². The monoisotopic (exact) mass is 283 g/mol. The lowest BCUT2D eigenvalue weighted by Gasteiger charge is -2.24. The third-order valence-corrected chi connectivity index (χ3v) is 2.74. The van der Waals surface area contributed by atoms with Crippen LogP contribution in [-0.2, 0) is 0 Å². The summed E-state index contributed by atoms with van der Waals surface area (Å²) in [6.07, 6.45) is 0.315. The zero-order valence-corrected chi connectivity index (χ0v) is 10.5. The van der Waals surface area contributed by atoms with Gasteiger partial charge in [-0.1, -0.05) is 13.8 Å². The van der Waals surface area contributed by atoms with E-state index in [-0.39, 0.29) is 13.2 Å². The molecule has 0 fully saturated rings. The number of benzene rings is 1. The van der Waals surface area contributed by atoms with Gasteiger partial charge >= 0.3 is 0 Å². The summed E-state index contributed by atoms with van der Waals surface area (Å²) in [5.74, 6) is -9.94. The van der Waals surface area contributed by atoms with Gasteiger partial charge in [0.1, 0.15) is 5.69 Å². The molecular weight excluding hydrogens is 269 g/mol. The maximum atomic E-state index is 13.3. The van der Waals surface area contributed by atoms with Crippen molar-refractivity contribution >= 4 is 5.69 Å². The van der Waals surface area contributed by atoms with E-state index >= 15 is 0 Å². The second-order valence-electron chi connectivity index (χ2n) is 4.94. The summed E-state index contributed by atoms with van der Waals surface area (Å²) < 4.78 is 65.3. The summed E-state index contributed by atoms with van der Waals surface area (Å²) in [6, 6.07) is 0. The lowest BCUT2D eigenvalue weighted by molar-refractivity contribution is 0.220. The molecular formula is C12H14F5NO. The third kappa shape index (κ3) is 3.34. The second-order valence-corrected chi connectivity index (χ2v) is 4.94. The van der Waals surface area contributed by atoms with E-state index in [4.69, 9.17) is 5.11 Å². The minimum Gasteiger partial charge on any atom is -0.396 e. The van der Waals surface area contributed by atoms with Crippen LogP contribution in [0.3, 0.4) is 0 Å². The highest BCUT2D eigenvalue weighted by Gasteiger charge is 2.27. The first kappa shape index (κ1) is 15.7. The van der Waals surface area contributed by atoms with E-state index in [9.17, 15) is 22.0 Å². The Morgan fingerprint density at radius 3 is 1.74 bits per heavy atom. The van der Waals surface area contributed by atoms with E-state index in [1.54, 1.807) is 13.8 Å². The molecule has 7 heteroatoms. The van der Waals surface area contributed by atoms with E-state index in [0.717, 1.165) is 0 Å². The normalized spacial score (nSPS) is 11.8. The first-order chi connectivity index (χ1) is 8.71. The zero-order valence-electron chi connectivity index (χ0n) is 10.5. The predicted molar refractivity (Wildman–Crippen MR) is 60.2 cm³/mol. The van der Waals surface area contributed by atoms with Crippen LogP contribution in [0, 0.1) is 34.5 Å². The Hall–Kier alpha value is -1.37. The third-order valence-electron chi connectivity index (χ3n) is 2.74. The van der Waals surface area contributed by atoms with E-state index < -0.39 is 40.2 Å². The lowest BCUT2D eigenvalue weighted by atomic mass is 9.89. The summed E-state index contributed by atoms with van der Waals surface area (Å²) in [5.41, 5.74) is -1.61.